The summed E-state index contributed by atoms with van der Waals surface area (Å²) in [5, 5.41) is 22.6. The SMILES string of the molecule is COCN1C(C)=C(C(=O)OC)C(c2cccc([N+](=O)[O-])c2)C(CCOC(=O)c2ccc(Cc3ncc[nH]3)cc2)(C(=O)O)C1C. The minimum atomic E-state index is -1.80. The highest BCUT2D eigenvalue weighted by atomic mass is 16.6. The van der Waals surface area contributed by atoms with E-state index in [1.807, 2.05) is 0 Å². The number of aromatic nitrogens is 2. The molecule has 0 radical (unpaired) electrons. The average molecular weight is 607 g/mol. The normalized spacial score (nSPS) is 19.9. The highest BCUT2D eigenvalue weighted by Crippen LogP contribution is 2.53. The van der Waals surface area contributed by atoms with Gasteiger partial charge in [-0.15, -0.1) is 0 Å². The number of carbonyl (C=O) groups excluding carboxylic acids is 2. The predicted molar refractivity (Wildman–Crippen MR) is 157 cm³/mol. The van der Waals surface area contributed by atoms with Crippen LogP contribution in [0.25, 0.3) is 0 Å². The van der Waals surface area contributed by atoms with Gasteiger partial charge < -0.3 is 29.2 Å². The van der Waals surface area contributed by atoms with Gasteiger partial charge in [0, 0.05) is 62.1 Å². The number of carbonyl (C=O) groups is 3. The van der Waals surface area contributed by atoms with Crippen LogP contribution in [0.5, 0.6) is 0 Å². The third-order valence-electron chi connectivity index (χ3n) is 8.19. The Hall–Kier alpha value is -5.04. The molecule has 0 spiro atoms. The van der Waals surface area contributed by atoms with Crippen LogP contribution in [0.15, 0.2) is 72.2 Å². The van der Waals surface area contributed by atoms with E-state index in [-0.39, 0.29) is 42.1 Å². The number of carboxylic acid groups (broad SMARTS) is 1. The molecule has 0 saturated heterocycles. The first-order valence-corrected chi connectivity index (χ1v) is 13.8. The lowest BCUT2D eigenvalue weighted by molar-refractivity contribution is -0.384. The smallest absolute Gasteiger partial charge is 0.338 e. The molecule has 1 aliphatic heterocycles. The van der Waals surface area contributed by atoms with E-state index >= 15 is 0 Å². The lowest BCUT2D eigenvalue weighted by Crippen LogP contribution is -2.58. The largest absolute Gasteiger partial charge is 0.481 e. The summed E-state index contributed by atoms with van der Waals surface area (Å²) in [6.07, 6.45) is 3.70. The van der Waals surface area contributed by atoms with Gasteiger partial charge in [0.1, 0.15) is 18.0 Å². The first-order valence-electron chi connectivity index (χ1n) is 13.8. The van der Waals surface area contributed by atoms with E-state index in [9.17, 15) is 29.6 Å². The maximum Gasteiger partial charge on any atom is 0.338 e. The topological polar surface area (TPSA) is 174 Å². The van der Waals surface area contributed by atoms with Gasteiger partial charge in [0.05, 0.1) is 29.8 Å². The molecule has 3 aromatic rings. The Morgan fingerprint density at radius 3 is 2.45 bits per heavy atom. The van der Waals surface area contributed by atoms with Crippen molar-refractivity contribution >= 4 is 23.6 Å². The fourth-order valence-electron chi connectivity index (χ4n) is 5.94. The molecule has 2 N–H and O–H groups in total. The molecule has 4 rings (SSSR count). The lowest BCUT2D eigenvalue weighted by atomic mass is 9.60. The molecule has 0 fully saturated rings. The van der Waals surface area contributed by atoms with Gasteiger partial charge >= 0.3 is 17.9 Å². The van der Waals surface area contributed by atoms with Crippen LogP contribution in [0.3, 0.4) is 0 Å². The Morgan fingerprint density at radius 1 is 1.14 bits per heavy atom. The minimum absolute atomic E-state index is 0.0176. The molecule has 0 saturated carbocycles. The number of nitro benzene ring substituents is 1. The van der Waals surface area contributed by atoms with Crippen LogP contribution >= 0.6 is 0 Å². The van der Waals surface area contributed by atoms with E-state index in [2.05, 4.69) is 9.97 Å². The quantitative estimate of drug-likeness (QED) is 0.173. The summed E-state index contributed by atoms with van der Waals surface area (Å²) < 4.78 is 16.0. The zero-order valence-corrected chi connectivity index (χ0v) is 24.8. The summed E-state index contributed by atoms with van der Waals surface area (Å²) >= 11 is 0. The van der Waals surface area contributed by atoms with Gasteiger partial charge in [0.15, 0.2) is 0 Å². The highest BCUT2D eigenvalue weighted by molar-refractivity contribution is 5.94. The first-order chi connectivity index (χ1) is 21.0. The fourth-order valence-corrected chi connectivity index (χ4v) is 5.94. The molecule has 13 nitrogen and oxygen atoms in total. The van der Waals surface area contributed by atoms with Crippen molar-refractivity contribution in [1.29, 1.82) is 0 Å². The number of aliphatic carboxylic acids is 1. The number of nitrogens with one attached hydrogen (secondary N) is 1. The van der Waals surface area contributed by atoms with Crippen LogP contribution in [0, 0.1) is 15.5 Å². The molecule has 1 aliphatic rings. The van der Waals surface area contributed by atoms with E-state index in [0.717, 1.165) is 11.4 Å². The monoisotopic (exact) mass is 606 g/mol. The molecule has 0 amide bonds. The van der Waals surface area contributed by atoms with Gasteiger partial charge in [-0.2, -0.15) is 0 Å². The van der Waals surface area contributed by atoms with Crippen LogP contribution in [-0.2, 0) is 30.2 Å². The van der Waals surface area contributed by atoms with Gasteiger partial charge in [-0.05, 0) is 37.1 Å². The van der Waals surface area contributed by atoms with Crippen molar-refractivity contribution in [1.82, 2.24) is 14.9 Å². The van der Waals surface area contributed by atoms with Gasteiger partial charge in [-0.3, -0.25) is 14.9 Å². The highest BCUT2D eigenvalue weighted by Gasteiger charge is 2.58. The maximum atomic E-state index is 13.4. The Kier molecular flexibility index (Phi) is 9.79. The fraction of sp³-hybridized carbons (Fsp3) is 0.355. The number of ether oxygens (including phenoxy) is 3. The Labute approximate surface area is 253 Å². The molecular weight excluding hydrogens is 572 g/mol. The standard InChI is InChI=1S/C31H34N4O9/c1-19-26(29(37)43-4)27(23-6-5-7-24(17-23)35(40)41)31(30(38)39,20(2)34(19)18-42-3)12-15-44-28(36)22-10-8-21(9-11-22)16-25-32-13-14-33-25/h5-11,13-14,17,20,27H,12,15-16,18H2,1-4H3,(H,32,33)(H,38,39). The first kappa shape index (κ1) is 31.9. The summed E-state index contributed by atoms with van der Waals surface area (Å²) in [4.78, 5) is 59.6. The van der Waals surface area contributed by atoms with Crippen LogP contribution in [0.2, 0.25) is 0 Å². The predicted octanol–water partition coefficient (Wildman–Crippen LogP) is 4.07. The second kappa shape index (κ2) is 13.5. The van der Waals surface area contributed by atoms with Crippen molar-refractivity contribution in [3.8, 4) is 0 Å². The number of carboxylic acids is 1. The average Bonchev–Trinajstić information content (AvgIpc) is 3.53. The molecule has 44 heavy (non-hydrogen) atoms. The maximum absolute atomic E-state index is 13.4. The van der Waals surface area contributed by atoms with E-state index < -0.39 is 40.2 Å². The van der Waals surface area contributed by atoms with E-state index in [4.69, 9.17) is 14.2 Å². The van der Waals surface area contributed by atoms with Gasteiger partial charge in [0.25, 0.3) is 5.69 Å². The lowest BCUT2D eigenvalue weighted by Gasteiger charge is -2.51. The molecule has 3 atom stereocenters. The van der Waals surface area contributed by atoms with Crippen molar-refractivity contribution in [2.24, 2.45) is 5.41 Å². The zero-order chi connectivity index (χ0) is 32.0. The van der Waals surface area contributed by atoms with E-state index in [0.29, 0.717) is 12.1 Å². The van der Waals surface area contributed by atoms with Crippen LogP contribution in [-0.4, -0.2) is 76.4 Å². The summed E-state index contributed by atoms with van der Waals surface area (Å²) in [6, 6.07) is 11.5. The molecule has 0 aliphatic carbocycles. The summed E-state index contributed by atoms with van der Waals surface area (Å²) in [5.74, 6) is -3.13. The van der Waals surface area contributed by atoms with Crippen molar-refractivity contribution in [2.75, 3.05) is 27.6 Å². The summed E-state index contributed by atoms with van der Waals surface area (Å²) in [6.45, 7) is 2.96. The molecular formula is C31H34N4O9. The summed E-state index contributed by atoms with van der Waals surface area (Å²) in [5.41, 5.74) is -0.204. The number of hydrogen-bond acceptors (Lipinski definition) is 10. The number of hydrogen-bond donors (Lipinski definition) is 2. The van der Waals surface area contributed by atoms with Crippen molar-refractivity contribution < 1.29 is 38.6 Å². The molecule has 0 bridgehead atoms. The number of imidazole rings is 1. The third kappa shape index (κ3) is 6.18. The van der Waals surface area contributed by atoms with Gasteiger partial charge in [-0.1, -0.05) is 24.3 Å². The number of non-ortho nitro benzene ring substituents is 1. The minimum Gasteiger partial charge on any atom is -0.481 e. The van der Waals surface area contributed by atoms with Crippen molar-refractivity contribution in [3.63, 3.8) is 0 Å². The van der Waals surface area contributed by atoms with E-state index in [1.54, 1.807) is 61.5 Å². The van der Waals surface area contributed by atoms with Crippen LogP contribution in [0.1, 0.15) is 53.5 Å². The number of aromatic amines is 1. The molecule has 2 heterocycles. The number of allylic oxidation sites excluding steroid dienone is 1. The molecule has 13 heteroatoms. The summed E-state index contributed by atoms with van der Waals surface area (Å²) in [7, 11) is 2.62. The number of nitro groups is 1. The van der Waals surface area contributed by atoms with Gasteiger partial charge in [-0.25, -0.2) is 14.6 Å². The van der Waals surface area contributed by atoms with Crippen LogP contribution < -0.4 is 0 Å². The second-order valence-electron chi connectivity index (χ2n) is 10.5. The Balaban J connectivity index is 1.70. The molecule has 2 aromatic carbocycles. The number of rotatable bonds is 12. The van der Waals surface area contributed by atoms with E-state index in [1.165, 1.54) is 32.4 Å². The molecule has 3 unspecified atom stereocenters. The number of benzene rings is 2. The van der Waals surface area contributed by atoms with Crippen molar-refractivity contribution in [2.45, 2.75) is 38.6 Å². The Morgan fingerprint density at radius 2 is 1.86 bits per heavy atom. The number of H-pyrrole nitrogens is 1. The van der Waals surface area contributed by atoms with Crippen LogP contribution in [0.4, 0.5) is 5.69 Å². The van der Waals surface area contributed by atoms with Crippen molar-refractivity contribution in [3.05, 3.63) is 105 Å². The Bertz CT molecular complexity index is 1550. The molecule has 232 valence electrons. The number of methoxy groups -OCH3 is 2. The second-order valence-corrected chi connectivity index (χ2v) is 10.5. The third-order valence-corrected chi connectivity index (χ3v) is 8.19. The number of nitrogens with zero attached hydrogens (tertiary/aromatic N) is 3. The molecule has 1 aromatic heterocycles. The number of esters is 2. The zero-order valence-electron chi connectivity index (χ0n) is 24.8. The van der Waals surface area contributed by atoms with Gasteiger partial charge in [0.2, 0.25) is 0 Å².